The highest BCUT2D eigenvalue weighted by atomic mass is 16.5. The van der Waals surface area contributed by atoms with Crippen molar-refractivity contribution >= 4 is 17.4 Å². The van der Waals surface area contributed by atoms with Gasteiger partial charge in [0.1, 0.15) is 17.3 Å². The molecule has 0 aliphatic carbocycles. The van der Waals surface area contributed by atoms with Crippen LogP contribution in [0.2, 0.25) is 0 Å². The van der Waals surface area contributed by atoms with Gasteiger partial charge in [0.25, 0.3) is 5.91 Å². The molecule has 0 unspecified atom stereocenters. The lowest BCUT2D eigenvalue weighted by Crippen LogP contribution is -2.25. The number of hydrogen-bond acceptors (Lipinski definition) is 4. The Balaban J connectivity index is 1.77. The van der Waals surface area contributed by atoms with E-state index in [0.717, 1.165) is 16.8 Å². The molecule has 148 valence electrons. The van der Waals surface area contributed by atoms with Crippen molar-refractivity contribution in [2.24, 2.45) is 4.99 Å². The number of fused-ring (bicyclic) bond motifs is 1. The number of anilines is 1. The van der Waals surface area contributed by atoms with Crippen molar-refractivity contribution in [3.8, 4) is 17.6 Å². The molecule has 0 aromatic heterocycles. The van der Waals surface area contributed by atoms with Crippen LogP contribution in [-0.4, -0.2) is 26.0 Å². The van der Waals surface area contributed by atoms with E-state index in [1.54, 1.807) is 37.4 Å². The van der Waals surface area contributed by atoms with Crippen LogP contribution < -0.4 is 14.4 Å². The van der Waals surface area contributed by atoms with Gasteiger partial charge in [-0.1, -0.05) is 24.3 Å². The van der Waals surface area contributed by atoms with E-state index in [4.69, 9.17) is 14.7 Å². The van der Waals surface area contributed by atoms with Crippen molar-refractivity contribution in [2.45, 2.75) is 6.54 Å². The van der Waals surface area contributed by atoms with Crippen molar-refractivity contribution < 1.29 is 14.3 Å². The molecule has 0 spiro atoms. The summed E-state index contributed by atoms with van der Waals surface area (Å²) in [4.78, 5) is 19.5. The van der Waals surface area contributed by atoms with Crippen molar-refractivity contribution in [2.75, 3.05) is 19.1 Å². The number of hydrogen-bond donors (Lipinski definition) is 0. The number of nitriles is 1. The summed E-state index contributed by atoms with van der Waals surface area (Å²) in [6.45, 7) is 0.591. The molecular formula is C24H19N3O3. The second kappa shape index (κ2) is 8.10. The lowest BCUT2D eigenvalue weighted by Gasteiger charge is -2.19. The van der Waals surface area contributed by atoms with Crippen LogP contribution in [-0.2, 0) is 6.54 Å². The van der Waals surface area contributed by atoms with Crippen LogP contribution in [0.25, 0.3) is 0 Å². The fourth-order valence-electron chi connectivity index (χ4n) is 3.45. The molecule has 3 aromatic carbocycles. The number of rotatable bonds is 4. The summed E-state index contributed by atoms with van der Waals surface area (Å²) < 4.78 is 10.6. The average molecular weight is 397 g/mol. The summed E-state index contributed by atoms with van der Waals surface area (Å²) in [6, 6.07) is 22.2. The second-order valence-corrected chi connectivity index (χ2v) is 6.71. The molecule has 6 nitrogen and oxygen atoms in total. The summed E-state index contributed by atoms with van der Waals surface area (Å²) in [7, 11) is 3.06. The standard InChI is InChI=1S/C24H19N3O3/c1-29-19-11-12-21(22(13-19)30-2)24(28)26-23-20-6-4-3-5-17(20)15-27(23)18-9-7-16(14-25)8-10-18/h3-13H,15H2,1-2H3. The zero-order chi connectivity index (χ0) is 21.1. The molecule has 1 amide bonds. The van der Waals surface area contributed by atoms with E-state index in [0.29, 0.717) is 35.0 Å². The fourth-order valence-corrected chi connectivity index (χ4v) is 3.45. The smallest absolute Gasteiger partial charge is 0.282 e. The largest absolute Gasteiger partial charge is 0.497 e. The van der Waals surface area contributed by atoms with E-state index in [2.05, 4.69) is 11.1 Å². The molecule has 0 saturated heterocycles. The van der Waals surface area contributed by atoms with Crippen molar-refractivity contribution in [3.05, 3.63) is 89.0 Å². The van der Waals surface area contributed by atoms with Gasteiger partial charge in [0, 0.05) is 17.3 Å². The summed E-state index contributed by atoms with van der Waals surface area (Å²) >= 11 is 0. The van der Waals surface area contributed by atoms with Crippen molar-refractivity contribution in [3.63, 3.8) is 0 Å². The molecule has 0 saturated carbocycles. The van der Waals surface area contributed by atoms with Crippen molar-refractivity contribution in [1.29, 1.82) is 5.26 Å². The van der Waals surface area contributed by atoms with Gasteiger partial charge >= 0.3 is 0 Å². The van der Waals surface area contributed by atoms with Gasteiger partial charge in [-0.3, -0.25) is 4.79 Å². The molecule has 3 aromatic rings. The highest BCUT2D eigenvalue weighted by Gasteiger charge is 2.28. The van der Waals surface area contributed by atoms with Gasteiger partial charge in [-0.15, -0.1) is 0 Å². The molecule has 1 aliphatic heterocycles. The van der Waals surface area contributed by atoms with Crippen LogP contribution >= 0.6 is 0 Å². The molecule has 0 N–H and O–H groups in total. The van der Waals surface area contributed by atoms with Gasteiger partial charge in [-0.05, 0) is 42.0 Å². The van der Waals surface area contributed by atoms with Gasteiger partial charge in [-0.25, -0.2) is 0 Å². The number of benzene rings is 3. The van der Waals surface area contributed by atoms with Gasteiger partial charge in [0.05, 0.1) is 38.0 Å². The zero-order valence-electron chi connectivity index (χ0n) is 16.6. The van der Waals surface area contributed by atoms with Crippen LogP contribution in [0.3, 0.4) is 0 Å². The van der Waals surface area contributed by atoms with Gasteiger partial charge in [0.15, 0.2) is 0 Å². The first-order valence-corrected chi connectivity index (χ1v) is 9.35. The molecular weight excluding hydrogens is 378 g/mol. The first-order chi connectivity index (χ1) is 14.6. The van der Waals surface area contributed by atoms with Crippen LogP contribution in [0.1, 0.15) is 27.0 Å². The zero-order valence-corrected chi connectivity index (χ0v) is 16.6. The third-order valence-electron chi connectivity index (χ3n) is 5.00. The number of nitrogens with zero attached hydrogens (tertiary/aromatic N) is 3. The molecule has 0 fully saturated rings. The van der Waals surface area contributed by atoms with Crippen molar-refractivity contribution in [1.82, 2.24) is 0 Å². The SMILES string of the molecule is COc1ccc(C(=O)N=C2c3ccccc3CN2c2ccc(C#N)cc2)c(OC)c1. The maximum absolute atomic E-state index is 13.1. The number of amides is 1. The quantitative estimate of drug-likeness (QED) is 0.660. The predicted molar refractivity (Wildman–Crippen MR) is 114 cm³/mol. The van der Waals surface area contributed by atoms with Gasteiger partial charge in [-0.2, -0.15) is 10.3 Å². The third kappa shape index (κ3) is 3.49. The summed E-state index contributed by atoms with van der Waals surface area (Å²) in [5.41, 5.74) is 3.78. The summed E-state index contributed by atoms with van der Waals surface area (Å²) in [5, 5.41) is 9.07. The minimum Gasteiger partial charge on any atom is -0.497 e. The average Bonchev–Trinajstić information content (AvgIpc) is 3.16. The molecule has 0 radical (unpaired) electrons. The second-order valence-electron chi connectivity index (χ2n) is 6.71. The Kier molecular flexibility index (Phi) is 5.19. The van der Waals surface area contributed by atoms with Crippen LogP contribution in [0.4, 0.5) is 5.69 Å². The number of carbonyl (C=O) groups is 1. The Morgan fingerprint density at radius 3 is 2.50 bits per heavy atom. The maximum atomic E-state index is 13.1. The first-order valence-electron chi connectivity index (χ1n) is 9.35. The van der Waals surface area contributed by atoms with Gasteiger partial charge < -0.3 is 14.4 Å². The molecule has 1 aliphatic rings. The van der Waals surface area contributed by atoms with Crippen LogP contribution in [0.15, 0.2) is 71.7 Å². The van der Waals surface area contributed by atoms with E-state index in [9.17, 15) is 4.79 Å². The topological polar surface area (TPSA) is 74.9 Å². The molecule has 30 heavy (non-hydrogen) atoms. The third-order valence-corrected chi connectivity index (χ3v) is 5.00. The lowest BCUT2D eigenvalue weighted by molar-refractivity contribution is 0.1000. The Morgan fingerprint density at radius 2 is 1.80 bits per heavy atom. The Labute approximate surface area is 174 Å². The van der Waals surface area contributed by atoms with Crippen LogP contribution in [0, 0.1) is 11.3 Å². The maximum Gasteiger partial charge on any atom is 0.282 e. The minimum absolute atomic E-state index is 0.356. The number of methoxy groups -OCH3 is 2. The molecule has 6 heteroatoms. The number of carbonyl (C=O) groups excluding carboxylic acids is 1. The molecule has 4 rings (SSSR count). The fraction of sp³-hybridized carbons (Fsp3) is 0.125. The van der Waals surface area contributed by atoms with Gasteiger partial charge in [0.2, 0.25) is 0 Å². The lowest BCUT2D eigenvalue weighted by atomic mass is 10.1. The highest BCUT2D eigenvalue weighted by molar-refractivity contribution is 6.19. The Morgan fingerprint density at radius 1 is 1.03 bits per heavy atom. The molecule has 1 heterocycles. The molecule has 0 bridgehead atoms. The number of ether oxygens (including phenoxy) is 2. The van der Waals surface area contributed by atoms with E-state index >= 15 is 0 Å². The summed E-state index contributed by atoms with van der Waals surface area (Å²) in [5.74, 6) is 1.17. The van der Waals surface area contributed by atoms with E-state index in [1.807, 2.05) is 41.3 Å². The number of aliphatic imine (C=N–C) groups is 1. The number of amidine groups is 1. The highest BCUT2D eigenvalue weighted by Crippen LogP contribution is 2.30. The van der Waals surface area contributed by atoms with E-state index < -0.39 is 5.91 Å². The first kappa shape index (κ1) is 19.2. The minimum atomic E-state index is -0.403. The summed E-state index contributed by atoms with van der Waals surface area (Å²) in [6.07, 6.45) is 0. The monoisotopic (exact) mass is 397 g/mol. The van der Waals surface area contributed by atoms with E-state index in [-0.39, 0.29) is 0 Å². The normalized spacial score (nSPS) is 13.6. The van der Waals surface area contributed by atoms with E-state index in [1.165, 1.54) is 7.11 Å². The Hall–Kier alpha value is -4.11. The Bertz CT molecular complexity index is 1180. The predicted octanol–water partition coefficient (Wildman–Crippen LogP) is 4.18. The van der Waals surface area contributed by atoms with Crippen LogP contribution in [0.5, 0.6) is 11.5 Å². The molecule has 0 atom stereocenters.